The van der Waals surface area contributed by atoms with Gasteiger partial charge in [-0.2, -0.15) is 5.10 Å². The highest BCUT2D eigenvalue weighted by molar-refractivity contribution is 5.79. The summed E-state index contributed by atoms with van der Waals surface area (Å²) in [5.41, 5.74) is 4.23. The van der Waals surface area contributed by atoms with Gasteiger partial charge in [0.1, 0.15) is 0 Å². The van der Waals surface area contributed by atoms with Crippen molar-refractivity contribution >= 4 is 10.9 Å². The van der Waals surface area contributed by atoms with Crippen molar-refractivity contribution in [3.63, 3.8) is 0 Å². The molecule has 0 radical (unpaired) electrons. The van der Waals surface area contributed by atoms with Crippen LogP contribution in [-0.2, 0) is 12.8 Å². The zero-order valence-corrected chi connectivity index (χ0v) is 7.51. The number of H-pyrrole nitrogens is 1. The lowest BCUT2D eigenvalue weighted by molar-refractivity contribution is 0.687. The Balaban J connectivity index is 2.28. The molecule has 1 aromatic heterocycles. The van der Waals surface area contributed by atoms with Gasteiger partial charge in [-0.1, -0.05) is 0 Å². The van der Waals surface area contributed by atoms with Gasteiger partial charge in [0.15, 0.2) is 0 Å². The number of fused-ring (bicyclic) bond motifs is 2. The average molecular weight is 172 g/mol. The molecule has 1 N–H and O–H groups in total. The van der Waals surface area contributed by atoms with E-state index in [1.807, 2.05) is 6.20 Å². The summed E-state index contributed by atoms with van der Waals surface area (Å²) in [6.45, 7) is 0. The van der Waals surface area contributed by atoms with E-state index in [0.717, 1.165) is 0 Å². The maximum atomic E-state index is 4.05. The summed E-state index contributed by atoms with van der Waals surface area (Å²) in [6, 6.07) is 4.55. The van der Waals surface area contributed by atoms with Gasteiger partial charge in [0.25, 0.3) is 0 Å². The monoisotopic (exact) mass is 172 g/mol. The van der Waals surface area contributed by atoms with Crippen LogP contribution >= 0.6 is 0 Å². The predicted octanol–water partition coefficient (Wildman–Crippen LogP) is 2.44. The maximum absolute atomic E-state index is 4.05. The van der Waals surface area contributed by atoms with Crippen molar-refractivity contribution in [3.8, 4) is 0 Å². The van der Waals surface area contributed by atoms with Crippen molar-refractivity contribution in [3.05, 3.63) is 29.5 Å². The smallest absolute Gasteiger partial charge is 0.0653 e. The van der Waals surface area contributed by atoms with Crippen molar-refractivity contribution in [1.29, 1.82) is 0 Å². The van der Waals surface area contributed by atoms with Crippen LogP contribution < -0.4 is 0 Å². The summed E-state index contributed by atoms with van der Waals surface area (Å²) in [5, 5.41) is 8.32. The summed E-state index contributed by atoms with van der Waals surface area (Å²) < 4.78 is 0. The summed E-state index contributed by atoms with van der Waals surface area (Å²) >= 11 is 0. The van der Waals surface area contributed by atoms with Crippen molar-refractivity contribution in [1.82, 2.24) is 10.2 Å². The lowest BCUT2D eigenvalue weighted by atomic mass is 9.91. The molecule has 0 aliphatic heterocycles. The van der Waals surface area contributed by atoms with Gasteiger partial charge >= 0.3 is 0 Å². The Morgan fingerprint density at radius 1 is 1.08 bits per heavy atom. The zero-order valence-electron chi connectivity index (χ0n) is 7.51. The molecule has 0 spiro atoms. The number of rotatable bonds is 0. The highest BCUT2D eigenvalue weighted by Gasteiger charge is 2.10. The predicted molar refractivity (Wildman–Crippen MR) is 52.7 cm³/mol. The number of aryl methyl sites for hydroxylation is 2. The largest absolute Gasteiger partial charge is 0.278 e. The molecule has 0 amide bonds. The normalized spacial score (nSPS) is 16.0. The standard InChI is InChI=1S/C11H12N2/c1-2-4-9-6-11-10(7-12-13-11)5-8(9)3-1/h5-7H,1-4H2,(H,12,13). The average Bonchev–Trinajstić information content (AvgIpc) is 2.61. The van der Waals surface area contributed by atoms with Crippen molar-refractivity contribution in [2.45, 2.75) is 25.7 Å². The van der Waals surface area contributed by atoms with Gasteiger partial charge in [0.05, 0.1) is 11.7 Å². The van der Waals surface area contributed by atoms with Crippen LogP contribution in [0.25, 0.3) is 10.9 Å². The SMILES string of the molecule is c1n[nH]c2cc3c(cc12)CCCC3. The first-order chi connectivity index (χ1) is 6.43. The van der Waals surface area contributed by atoms with Gasteiger partial charge < -0.3 is 0 Å². The Bertz CT molecular complexity index is 402. The lowest BCUT2D eigenvalue weighted by Gasteiger charge is -2.14. The summed E-state index contributed by atoms with van der Waals surface area (Å²) in [4.78, 5) is 0. The van der Waals surface area contributed by atoms with Gasteiger partial charge in [-0.05, 0) is 48.9 Å². The maximum Gasteiger partial charge on any atom is 0.0653 e. The molecule has 0 saturated heterocycles. The van der Waals surface area contributed by atoms with Crippen LogP contribution in [0.5, 0.6) is 0 Å². The summed E-state index contributed by atoms with van der Waals surface area (Å²) in [7, 11) is 0. The molecule has 2 aromatic rings. The summed E-state index contributed by atoms with van der Waals surface area (Å²) in [6.07, 6.45) is 7.08. The Hall–Kier alpha value is -1.31. The second-order valence-corrected chi connectivity index (χ2v) is 3.79. The van der Waals surface area contributed by atoms with E-state index in [-0.39, 0.29) is 0 Å². The first-order valence-corrected chi connectivity index (χ1v) is 4.88. The van der Waals surface area contributed by atoms with Gasteiger partial charge in [-0.25, -0.2) is 0 Å². The van der Waals surface area contributed by atoms with E-state index in [9.17, 15) is 0 Å². The van der Waals surface area contributed by atoms with Crippen LogP contribution in [0, 0.1) is 0 Å². The van der Waals surface area contributed by atoms with Gasteiger partial charge in [-0.3, -0.25) is 5.10 Å². The molecule has 3 rings (SSSR count). The number of hydrogen-bond acceptors (Lipinski definition) is 1. The van der Waals surface area contributed by atoms with Crippen LogP contribution in [0.15, 0.2) is 18.3 Å². The van der Waals surface area contributed by atoms with Crippen LogP contribution in [0.3, 0.4) is 0 Å². The van der Waals surface area contributed by atoms with Crippen molar-refractivity contribution < 1.29 is 0 Å². The molecule has 0 fully saturated rings. The Morgan fingerprint density at radius 2 is 1.85 bits per heavy atom. The van der Waals surface area contributed by atoms with Crippen molar-refractivity contribution in [2.75, 3.05) is 0 Å². The molecule has 0 bridgehead atoms. The molecule has 13 heavy (non-hydrogen) atoms. The fraction of sp³-hybridized carbons (Fsp3) is 0.364. The Morgan fingerprint density at radius 3 is 2.69 bits per heavy atom. The third-order valence-corrected chi connectivity index (χ3v) is 2.90. The van der Waals surface area contributed by atoms with E-state index in [1.54, 1.807) is 0 Å². The highest BCUT2D eigenvalue weighted by Crippen LogP contribution is 2.25. The van der Waals surface area contributed by atoms with E-state index in [4.69, 9.17) is 0 Å². The molecular formula is C11H12N2. The minimum Gasteiger partial charge on any atom is -0.278 e. The fourth-order valence-corrected chi connectivity index (χ4v) is 2.18. The van der Waals surface area contributed by atoms with Crippen molar-refractivity contribution in [2.24, 2.45) is 0 Å². The van der Waals surface area contributed by atoms with Gasteiger partial charge in [0.2, 0.25) is 0 Å². The van der Waals surface area contributed by atoms with Gasteiger partial charge in [-0.15, -0.1) is 0 Å². The summed E-state index contributed by atoms with van der Waals surface area (Å²) in [5.74, 6) is 0. The first kappa shape index (κ1) is 7.13. The topological polar surface area (TPSA) is 28.7 Å². The number of benzene rings is 1. The number of nitrogens with one attached hydrogen (secondary N) is 1. The van der Waals surface area contributed by atoms with E-state index in [2.05, 4.69) is 22.3 Å². The van der Waals surface area contributed by atoms with E-state index in [1.165, 1.54) is 47.7 Å². The quantitative estimate of drug-likeness (QED) is 0.649. The fourth-order valence-electron chi connectivity index (χ4n) is 2.18. The third kappa shape index (κ3) is 1.05. The number of nitrogens with zero attached hydrogens (tertiary/aromatic N) is 1. The number of aromatic amines is 1. The number of hydrogen-bond donors (Lipinski definition) is 1. The molecule has 1 heterocycles. The molecule has 0 unspecified atom stereocenters. The number of aromatic nitrogens is 2. The Kier molecular flexibility index (Phi) is 1.42. The van der Waals surface area contributed by atoms with E-state index >= 15 is 0 Å². The van der Waals surface area contributed by atoms with Crippen LogP contribution in [0.1, 0.15) is 24.0 Å². The molecule has 66 valence electrons. The molecule has 2 heteroatoms. The van der Waals surface area contributed by atoms with Gasteiger partial charge in [0, 0.05) is 5.39 Å². The van der Waals surface area contributed by atoms with E-state index in [0.29, 0.717) is 0 Å². The highest BCUT2D eigenvalue weighted by atomic mass is 15.1. The Labute approximate surface area is 77.0 Å². The minimum atomic E-state index is 1.18. The zero-order chi connectivity index (χ0) is 8.67. The van der Waals surface area contributed by atoms with E-state index < -0.39 is 0 Å². The molecule has 0 atom stereocenters. The second-order valence-electron chi connectivity index (χ2n) is 3.79. The minimum absolute atomic E-state index is 1.18. The molecule has 2 nitrogen and oxygen atoms in total. The van der Waals surface area contributed by atoms with Crippen LogP contribution in [0.2, 0.25) is 0 Å². The third-order valence-electron chi connectivity index (χ3n) is 2.90. The molecule has 1 aromatic carbocycles. The van der Waals surface area contributed by atoms with Crippen LogP contribution in [0.4, 0.5) is 0 Å². The molecule has 0 saturated carbocycles. The molecular weight excluding hydrogens is 160 g/mol. The molecule has 1 aliphatic carbocycles. The van der Waals surface area contributed by atoms with Crippen LogP contribution in [-0.4, -0.2) is 10.2 Å². The lowest BCUT2D eigenvalue weighted by Crippen LogP contribution is -2.01. The second kappa shape index (κ2) is 2.59. The molecule has 1 aliphatic rings. The first-order valence-electron chi connectivity index (χ1n) is 4.88.